The Morgan fingerprint density at radius 2 is 1.71 bits per heavy atom. The second-order valence-electron chi connectivity index (χ2n) is 7.82. The van der Waals surface area contributed by atoms with Crippen molar-refractivity contribution >= 4 is 34.1 Å². The fourth-order valence-corrected chi connectivity index (χ4v) is 3.81. The van der Waals surface area contributed by atoms with Crippen molar-refractivity contribution in [2.45, 2.75) is 6.92 Å². The van der Waals surface area contributed by atoms with Gasteiger partial charge in [0.05, 0.1) is 33.2 Å². The molecular formula is C28H25NO6. The van der Waals surface area contributed by atoms with Crippen LogP contribution in [-0.4, -0.2) is 33.2 Å². The van der Waals surface area contributed by atoms with Crippen LogP contribution < -0.4 is 14.8 Å². The number of nitrogens with one attached hydrogen (secondary N) is 1. The number of ether oxygens (including phenoxy) is 3. The molecule has 0 spiro atoms. The first-order valence-corrected chi connectivity index (χ1v) is 10.8. The minimum Gasteiger partial charge on any atom is -0.497 e. The largest absolute Gasteiger partial charge is 0.497 e. The first kappa shape index (κ1) is 23.6. The fraction of sp³-hybridized carbons (Fsp3) is 0.143. The van der Waals surface area contributed by atoms with Crippen molar-refractivity contribution in [3.63, 3.8) is 0 Å². The van der Waals surface area contributed by atoms with Crippen LogP contribution in [0.25, 0.3) is 27.7 Å². The van der Waals surface area contributed by atoms with Crippen molar-refractivity contribution in [1.82, 2.24) is 0 Å². The van der Waals surface area contributed by atoms with E-state index in [1.54, 1.807) is 44.7 Å². The van der Waals surface area contributed by atoms with Crippen molar-refractivity contribution in [1.29, 1.82) is 0 Å². The maximum Gasteiger partial charge on any atom is 0.337 e. The molecule has 0 atom stereocenters. The van der Waals surface area contributed by atoms with Crippen LogP contribution in [0.5, 0.6) is 11.5 Å². The highest BCUT2D eigenvalue weighted by molar-refractivity contribution is 6.05. The van der Waals surface area contributed by atoms with Crippen LogP contribution in [-0.2, 0) is 9.53 Å². The Morgan fingerprint density at radius 1 is 0.943 bits per heavy atom. The quantitative estimate of drug-likeness (QED) is 0.265. The van der Waals surface area contributed by atoms with Crippen molar-refractivity contribution in [2.24, 2.45) is 0 Å². The average Bonchev–Trinajstić information content (AvgIpc) is 3.30. The number of amides is 1. The molecule has 7 heteroatoms. The standard InChI is InChI=1S/C28H25NO6/c1-17(12-27(30)29-20-10-8-18(9-11-20)28(31)34-4)22-14-23-24(16-35-26(23)15-25(22)33-3)19-6-5-7-21(13-19)32-2/h5-16H,1-4H3,(H,29,30)/b17-12+. The molecule has 0 aliphatic rings. The molecule has 3 aromatic carbocycles. The zero-order chi connectivity index (χ0) is 24.9. The van der Waals surface area contributed by atoms with Crippen molar-refractivity contribution < 1.29 is 28.2 Å². The first-order chi connectivity index (χ1) is 16.9. The molecule has 0 fully saturated rings. The Morgan fingerprint density at radius 3 is 2.40 bits per heavy atom. The van der Waals surface area contributed by atoms with Gasteiger partial charge in [-0.3, -0.25) is 4.79 Å². The molecule has 0 saturated carbocycles. The average molecular weight is 472 g/mol. The van der Waals surface area contributed by atoms with Crippen LogP contribution in [0.2, 0.25) is 0 Å². The van der Waals surface area contributed by atoms with Gasteiger partial charge in [-0.1, -0.05) is 12.1 Å². The fourth-order valence-electron chi connectivity index (χ4n) is 3.81. The number of fused-ring (bicyclic) bond motifs is 1. The predicted octanol–water partition coefficient (Wildman–Crippen LogP) is 5.95. The number of esters is 1. The molecule has 1 amide bonds. The smallest absolute Gasteiger partial charge is 0.337 e. The van der Waals surface area contributed by atoms with Gasteiger partial charge in [0.2, 0.25) is 5.91 Å². The topological polar surface area (TPSA) is 87.0 Å². The summed E-state index contributed by atoms with van der Waals surface area (Å²) in [6.45, 7) is 1.84. The monoisotopic (exact) mass is 471 g/mol. The Hall–Kier alpha value is -4.52. The number of allylic oxidation sites excluding steroid dienone is 1. The maximum atomic E-state index is 12.7. The molecule has 1 heterocycles. The third-order valence-electron chi connectivity index (χ3n) is 5.62. The Balaban J connectivity index is 1.64. The lowest BCUT2D eigenvalue weighted by molar-refractivity contribution is -0.111. The highest BCUT2D eigenvalue weighted by Gasteiger charge is 2.15. The Kier molecular flexibility index (Phi) is 6.87. The van der Waals surface area contributed by atoms with E-state index in [0.29, 0.717) is 28.2 Å². The van der Waals surface area contributed by atoms with Gasteiger partial charge in [0.15, 0.2) is 0 Å². The Bertz CT molecular complexity index is 1420. The summed E-state index contributed by atoms with van der Waals surface area (Å²) in [5.74, 6) is 0.593. The van der Waals surface area contributed by atoms with Crippen LogP contribution in [0.15, 0.2) is 77.4 Å². The molecule has 0 bridgehead atoms. The normalized spacial score (nSPS) is 11.3. The number of hydrogen-bond acceptors (Lipinski definition) is 6. The van der Waals surface area contributed by atoms with E-state index in [0.717, 1.165) is 27.8 Å². The van der Waals surface area contributed by atoms with E-state index in [9.17, 15) is 9.59 Å². The number of rotatable bonds is 7. The Labute approximate surface area is 202 Å². The van der Waals surface area contributed by atoms with E-state index < -0.39 is 5.97 Å². The van der Waals surface area contributed by atoms with Gasteiger partial charge in [0.25, 0.3) is 0 Å². The van der Waals surface area contributed by atoms with E-state index in [1.165, 1.54) is 13.2 Å². The van der Waals surface area contributed by atoms with Gasteiger partial charge in [0.1, 0.15) is 17.1 Å². The summed E-state index contributed by atoms with van der Waals surface area (Å²) in [4.78, 5) is 24.3. The highest BCUT2D eigenvalue weighted by atomic mass is 16.5. The van der Waals surface area contributed by atoms with Crippen molar-refractivity contribution in [3.05, 3.63) is 84.1 Å². The van der Waals surface area contributed by atoms with Gasteiger partial charge in [-0.2, -0.15) is 0 Å². The number of carbonyl (C=O) groups excluding carboxylic acids is 2. The van der Waals surface area contributed by atoms with Crippen LogP contribution in [0.4, 0.5) is 5.69 Å². The molecule has 35 heavy (non-hydrogen) atoms. The highest BCUT2D eigenvalue weighted by Crippen LogP contribution is 2.38. The van der Waals surface area contributed by atoms with Gasteiger partial charge in [-0.25, -0.2) is 4.79 Å². The lowest BCUT2D eigenvalue weighted by atomic mass is 9.99. The van der Waals surface area contributed by atoms with Crippen LogP contribution >= 0.6 is 0 Å². The second kappa shape index (κ2) is 10.2. The number of hydrogen-bond donors (Lipinski definition) is 1. The van der Waals surface area contributed by atoms with E-state index in [2.05, 4.69) is 5.32 Å². The van der Waals surface area contributed by atoms with Gasteiger partial charge in [-0.05, 0) is 60.5 Å². The molecule has 0 radical (unpaired) electrons. The molecular weight excluding hydrogens is 446 g/mol. The minimum absolute atomic E-state index is 0.310. The lowest BCUT2D eigenvalue weighted by Gasteiger charge is -2.10. The second-order valence-corrected chi connectivity index (χ2v) is 7.82. The number of furan rings is 1. The van der Waals surface area contributed by atoms with E-state index in [-0.39, 0.29) is 5.91 Å². The third kappa shape index (κ3) is 5.04. The van der Waals surface area contributed by atoms with Crippen LogP contribution in [0, 0.1) is 0 Å². The molecule has 0 aliphatic heterocycles. The molecule has 1 aromatic heterocycles. The summed E-state index contributed by atoms with van der Waals surface area (Å²) in [5, 5.41) is 3.70. The molecule has 0 unspecified atom stereocenters. The third-order valence-corrected chi connectivity index (χ3v) is 5.62. The van der Waals surface area contributed by atoms with Crippen LogP contribution in [0.3, 0.4) is 0 Å². The van der Waals surface area contributed by atoms with Gasteiger partial charge >= 0.3 is 5.97 Å². The number of anilines is 1. The van der Waals surface area contributed by atoms with Gasteiger partial charge < -0.3 is 23.9 Å². The van der Waals surface area contributed by atoms with Crippen molar-refractivity contribution in [2.75, 3.05) is 26.6 Å². The summed E-state index contributed by atoms with van der Waals surface area (Å²) in [6.07, 6.45) is 3.20. The molecule has 0 aliphatic carbocycles. The van der Waals surface area contributed by atoms with Crippen LogP contribution in [0.1, 0.15) is 22.8 Å². The van der Waals surface area contributed by atoms with Gasteiger partial charge in [-0.15, -0.1) is 0 Å². The van der Waals surface area contributed by atoms with Gasteiger partial charge in [0, 0.05) is 34.3 Å². The summed E-state index contributed by atoms with van der Waals surface area (Å²) in [5.41, 5.74) is 4.98. The number of methoxy groups -OCH3 is 3. The zero-order valence-corrected chi connectivity index (χ0v) is 19.9. The number of carbonyl (C=O) groups is 2. The predicted molar refractivity (Wildman–Crippen MR) is 135 cm³/mol. The molecule has 1 N–H and O–H groups in total. The number of benzene rings is 3. The molecule has 7 nitrogen and oxygen atoms in total. The molecule has 4 aromatic rings. The summed E-state index contributed by atoms with van der Waals surface area (Å²) in [7, 11) is 4.52. The van der Waals surface area contributed by atoms with E-state index >= 15 is 0 Å². The zero-order valence-electron chi connectivity index (χ0n) is 19.9. The lowest BCUT2D eigenvalue weighted by Crippen LogP contribution is -2.09. The molecule has 178 valence electrons. The molecule has 4 rings (SSSR count). The van der Waals surface area contributed by atoms with E-state index in [1.807, 2.05) is 43.3 Å². The summed E-state index contributed by atoms with van der Waals surface area (Å²) in [6, 6.07) is 18.0. The maximum absolute atomic E-state index is 12.7. The van der Waals surface area contributed by atoms with Crippen molar-refractivity contribution in [3.8, 4) is 22.6 Å². The molecule has 0 saturated heterocycles. The van der Waals surface area contributed by atoms with E-state index in [4.69, 9.17) is 18.6 Å². The summed E-state index contributed by atoms with van der Waals surface area (Å²) < 4.78 is 21.4. The minimum atomic E-state index is -0.436. The summed E-state index contributed by atoms with van der Waals surface area (Å²) >= 11 is 0. The first-order valence-electron chi connectivity index (χ1n) is 10.8. The SMILES string of the molecule is COC(=O)c1ccc(NC(=O)/C=C(\C)c2cc3c(-c4cccc(OC)c4)coc3cc2OC)cc1.